The van der Waals surface area contributed by atoms with Crippen LogP contribution in [0.5, 0.6) is 0 Å². The van der Waals surface area contributed by atoms with Crippen molar-refractivity contribution in [3.05, 3.63) is 0 Å². The predicted molar refractivity (Wildman–Crippen MR) is 70.0 cm³/mol. The van der Waals surface area contributed by atoms with E-state index in [0.29, 0.717) is 0 Å². The van der Waals surface area contributed by atoms with E-state index in [1.54, 1.807) is 0 Å². The Labute approximate surface area is 131 Å². The molecule has 0 aromatic rings. The third kappa shape index (κ3) is 6630. The third-order valence-corrected chi connectivity index (χ3v) is 0. The molecular formula is C4H32O16Zn. The Morgan fingerprint density at radius 2 is 0.476 bits per heavy atom. The number of rotatable bonds is 0. The summed E-state index contributed by atoms with van der Waals surface area (Å²) in [4.78, 5) is 18.0. The second-order valence-corrected chi connectivity index (χ2v) is 1.04. The summed E-state index contributed by atoms with van der Waals surface area (Å²) in [6.45, 7) is 2.17. The molecule has 0 saturated carbocycles. The minimum Gasteiger partial charge on any atom is -0.481 e. The van der Waals surface area contributed by atoms with Crippen molar-refractivity contribution in [2.75, 3.05) is 0 Å². The van der Waals surface area contributed by atoms with E-state index in [0.717, 1.165) is 13.8 Å². The van der Waals surface area contributed by atoms with E-state index >= 15 is 0 Å². The molecule has 0 amide bonds. The summed E-state index contributed by atoms with van der Waals surface area (Å²) in [6, 6.07) is 0. The smallest absolute Gasteiger partial charge is 0.300 e. The fourth-order valence-electron chi connectivity index (χ4n) is 0. The third-order valence-electron chi connectivity index (χ3n) is 0. The van der Waals surface area contributed by atoms with Crippen molar-refractivity contribution in [3.63, 3.8) is 0 Å². The quantitative estimate of drug-likeness (QED) is 0.372. The molecule has 16 nitrogen and oxygen atoms in total. The Morgan fingerprint density at radius 3 is 0.476 bits per heavy atom. The van der Waals surface area contributed by atoms with Gasteiger partial charge >= 0.3 is 0 Å². The molecule has 21 heavy (non-hydrogen) atoms. The fraction of sp³-hybridized carbons (Fsp3) is 0.500. The zero-order chi connectivity index (χ0) is 7.15. The molecule has 0 spiro atoms. The van der Waals surface area contributed by atoms with Gasteiger partial charge in [0.1, 0.15) is 0 Å². The number of carboxylic acids is 2. The van der Waals surface area contributed by atoms with Gasteiger partial charge in [-0.25, -0.2) is 0 Å². The van der Waals surface area contributed by atoms with Gasteiger partial charge in [0.25, 0.3) is 11.9 Å². The summed E-state index contributed by atoms with van der Waals surface area (Å²) in [6.07, 6.45) is 0. The van der Waals surface area contributed by atoms with Crippen LogP contribution in [-0.4, -0.2) is 87.9 Å². The van der Waals surface area contributed by atoms with Crippen LogP contribution in [-0.2, 0) is 29.1 Å². The molecule has 0 aromatic carbocycles. The Balaban J connectivity index is -0.00000000163. The number of hydrogen-bond donors (Lipinski definition) is 2. The van der Waals surface area contributed by atoms with Gasteiger partial charge < -0.3 is 75.9 Å². The maximum atomic E-state index is 9.00. The second-order valence-electron chi connectivity index (χ2n) is 1.04. The number of carboxylic acid groups (broad SMARTS) is 2. The van der Waals surface area contributed by atoms with Gasteiger partial charge in [-0.05, 0) is 0 Å². The first kappa shape index (κ1) is 283. The predicted octanol–water partition coefficient (Wildman–Crippen LogP) is -9.72. The molecule has 0 aliphatic heterocycles. The zero-order valence-electron chi connectivity index (χ0n) is 11.4. The Kier molecular flexibility index (Phi) is 3250. The normalized spacial score (nSPS) is 2.38. The molecule has 0 atom stereocenters. The van der Waals surface area contributed by atoms with Gasteiger partial charge in [-0.1, -0.05) is 0 Å². The van der Waals surface area contributed by atoms with Crippen LogP contribution in [0.1, 0.15) is 13.8 Å². The van der Waals surface area contributed by atoms with E-state index in [9.17, 15) is 0 Å². The molecule has 0 fully saturated rings. The number of hydrogen-bond acceptors (Lipinski definition) is 2. The van der Waals surface area contributed by atoms with Gasteiger partial charge in [-0.2, -0.15) is 0 Å². The van der Waals surface area contributed by atoms with Gasteiger partial charge in [0.2, 0.25) is 0 Å². The maximum Gasteiger partial charge on any atom is 0.300 e. The van der Waals surface area contributed by atoms with Crippen LogP contribution in [0.4, 0.5) is 0 Å². The van der Waals surface area contributed by atoms with Crippen LogP contribution in [0.2, 0.25) is 0 Å². The average Bonchev–Trinajstić information content (AvgIpc) is 1.25. The monoisotopic (exact) mass is 400 g/mol. The summed E-state index contributed by atoms with van der Waals surface area (Å²) < 4.78 is 0. The van der Waals surface area contributed by atoms with Gasteiger partial charge in [0, 0.05) is 33.3 Å². The fourth-order valence-corrected chi connectivity index (χ4v) is 0. The molecule has 0 bridgehead atoms. The summed E-state index contributed by atoms with van der Waals surface area (Å²) >= 11 is 0. The van der Waals surface area contributed by atoms with Crippen LogP contribution in [0.15, 0.2) is 0 Å². The summed E-state index contributed by atoms with van der Waals surface area (Å²) in [7, 11) is 0. The molecule has 146 valence electrons. The summed E-state index contributed by atoms with van der Waals surface area (Å²) in [5.41, 5.74) is 0. The van der Waals surface area contributed by atoms with Crippen LogP contribution >= 0.6 is 0 Å². The molecule has 17 heteroatoms. The molecular weight excluding hydrogens is 369 g/mol. The van der Waals surface area contributed by atoms with Crippen molar-refractivity contribution < 1.29 is 105 Å². The zero-order valence-corrected chi connectivity index (χ0v) is 14.4. The SMILES string of the molecule is CC(=O)O.CC(=O)O.O.O.O.O.O.O.O.O.O.O.O.O.[Zn]. The second kappa shape index (κ2) is 241. The standard InChI is InChI=1S/2C2H4O2.12H2O.Zn/c2*1-2(3)4;;;;;;;;;;;;;/h2*1H3,(H,3,4);12*1H2;. The van der Waals surface area contributed by atoms with Crippen molar-refractivity contribution in [2.24, 2.45) is 0 Å². The number of carbonyl (C=O) groups is 2. The molecule has 0 unspecified atom stereocenters. The van der Waals surface area contributed by atoms with E-state index in [2.05, 4.69) is 0 Å². The largest absolute Gasteiger partial charge is 0.481 e. The van der Waals surface area contributed by atoms with Crippen molar-refractivity contribution in [2.45, 2.75) is 13.8 Å². The van der Waals surface area contributed by atoms with E-state index in [4.69, 9.17) is 19.8 Å². The first-order chi connectivity index (χ1) is 3.46. The average molecular weight is 402 g/mol. The molecule has 0 rings (SSSR count). The van der Waals surface area contributed by atoms with E-state index < -0.39 is 11.9 Å². The minimum atomic E-state index is -0.833. The molecule has 0 heterocycles. The van der Waals surface area contributed by atoms with Crippen LogP contribution in [0.25, 0.3) is 0 Å². The molecule has 0 aliphatic rings. The van der Waals surface area contributed by atoms with Crippen molar-refractivity contribution in [3.8, 4) is 0 Å². The van der Waals surface area contributed by atoms with E-state index in [1.807, 2.05) is 0 Å². The molecule has 26 N–H and O–H groups in total. The summed E-state index contributed by atoms with van der Waals surface area (Å²) in [5.74, 6) is -1.67. The van der Waals surface area contributed by atoms with Gasteiger partial charge in [0.15, 0.2) is 0 Å². The molecule has 0 radical (unpaired) electrons. The Morgan fingerprint density at radius 1 is 0.476 bits per heavy atom. The Bertz CT molecular complexity index is 78.3. The van der Waals surface area contributed by atoms with E-state index in [-0.39, 0.29) is 85.2 Å². The number of aliphatic carboxylic acids is 2. The van der Waals surface area contributed by atoms with Crippen LogP contribution < -0.4 is 0 Å². The van der Waals surface area contributed by atoms with Gasteiger partial charge in [0.05, 0.1) is 0 Å². The maximum absolute atomic E-state index is 9.00. The summed E-state index contributed by atoms with van der Waals surface area (Å²) in [5, 5.41) is 14.8. The topological polar surface area (TPSA) is 453 Å². The molecule has 0 aliphatic carbocycles. The van der Waals surface area contributed by atoms with Crippen LogP contribution in [0, 0.1) is 0 Å². The van der Waals surface area contributed by atoms with Gasteiger partial charge in [-0.3, -0.25) is 9.59 Å². The van der Waals surface area contributed by atoms with Crippen molar-refractivity contribution in [1.82, 2.24) is 0 Å². The Hall–Kier alpha value is -0.917. The van der Waals surface area contributed by atoms with Gasteiger partial charge in [-0.15, -0.1) is 0 Å². The minimum absolute atomic E-state index is 0. The van der Waals surface area contributed by atoms with Crippen molar-refractivity contribution >= 4 is 11.9 Å². The van der Waals surface area contributed by atoms with Crippen molar-refractivity contribution in [1.29, 1.82) is 0 Å². The first-order valence-corrected chi connectivity index (χ1v) is 1.86. The van der Waals surface area contributed by atoms with Crippen LogP contribution in [0.3, 0.4) is 0 Å². The van der Waals surface area contributed by atoms with E-state index in [1.165, 1.54) is 0 Å². The first-order valence-electron chi connectivity index (χ1n) is 1.86. The molecule has 0 aromatic heterocycles. The molecule has 0 saturated heterocycles.